The van der Waals surface area contributed by atoms with Crippen LogP contribution in [0.2, 0.25) is 0 Å². The molecule has 2 amide bonds. The zero-order valence-electron chi connectivity index (χ0n) is 23.6. The third kappa shape index (κ3) is 10.4. The summed E-state index contributed by atoms with van der Waals surface area (Å²) in [5.41, 5.74) is 0.202. The second-order valence-electron chi connectivity index (χ2n) is 11.4. The van der Waals surface area contributed by atoms with Crippen molar-refractivity contribution in [3.05, 3.63) is 36.0 Å². The van der Waals surface area contributed by atoms with Crippen LogP contribution in [0.25, 0.3) is 10.9 Å². The monoisotopic (exact) mass is 531 g/mol. The number of aromatic nitrogens is 1. The molecule has 3 N–H and O–H groups in total. The Kier molecular flexibility index (Phi) is 10.3. The van der Waals surface area contributed by atoms with E-state index in [9.17, 15) is 19.2 Å². The zero-order chi connectivity index (χ0) is 28.7. The third-order valence-corrected chi connectivity index (χ3v) is 5.11. The van der Waals surface area contributed by atoms with Gasteiger partial charge >= 0.3 is 18.0 Å². The maximum Gasteiger partial charge on any atom is 0.408 e. The molecule has 0 saturated heterocycles. The van der Waals surface area contributed by atoms with Gasteiger partial charge < -0.3 is 29.8 Å². The fourth-order valence-electron chi connectivity index (χ4n) is 3.64. The maximum atomic E-state index is 12.9. The topological polar surface area (TPSA) is 136 Å². The van der Waals surface area contributed by atoms with E-state index in [1.807, 2.05) is 24.3 Å². The molecule has 210 valence electrons. The number of ether oxygens (including phenoxy) is 3. The van der Waals surface area contributed by atoms with Crippen molar-refractivity contribution in [2.24, 2.45) is 0 Å². The molecule has 1 aromatic heterocycles. The first-order chi connectivity index (χ1) is 17.5. The lowest BCUT2D eigenvalue weighted by atomic mass is 10.0. The summed E-state index contributed by atoms with van der Waals surface area (Å²) in [5, 5.41) is 6.17. The summed E-state index contributed by atoms with van der Waals surface area (Å²) in [7, 11) is 0. The minimum atomic E-state index is -1.12. The summed E-state index contributed by atoms with van der Waals surface area (Å²) in [6.07, 6.45) is 0.645. The van der Waals surface area contributed by atoms with Crippen LogP contribution in [-0.2, 0) is 35.0 Å². The third-order valence-electron chi connectivity index (χ3n) is 5.11. The van der Waals surface area contributed by atoms with Gasteiger partial charge in [0.05, 0.1) is 6.10 Å². The second kappa shape index (κ2) is 12.8. The van der Waals surface area contributed by atoms with Crippen molar-refractivity contribution in [2.75, 3.05) is 0 Å². The molecular weight excluding hydrogens is 490 g/mol. The van der Waals surface area contributed by atoms with E-state index in [0.29, 0.717) is 0 Å². The predicted molar refractivity (Wildman–Crippen MR) is 143 cm³/mol. The van der Waals surface area contributed by atoms with Gasteiger partial charge in [0.1, 0.15) is 23.3 Å². The number of alkyl carbamates (subject to hydrolysis) is 1. The minimum Gasteiger partial charge on any atom is -0.461 e. The van der Waals surface area contributed by atoms with Crippen molar-refractivity contribution in [3.63, 3.8) is 0 Å². The molecule has 0 unspecified atom stereocenters. The van der Waals surface area contributed by atoms with Crippen LogP contribution >= 0.6 is 0 Å². The number of hydrogen-bond acceptors (Lipinski definition) is 7. The molecule has 0 aliphatic rings. The molecule has 0 saturated carbocycles. The number of H-pyrrole nitrogens is 1. The molecule has 1 heterocycles. The smallest absolute Gasteiger partial charge is 0.408 e. The van der Waals surface area contributed by atoms with E-state index in [4.69, 9.17) is 14.2 Å². The highest BCUT2D eigenvalue weighted by molar-refractivity contribution is 5.88. The zero-order valence-corrected chi connectivity index (χ0v) is 23.6. The summed E-state index contributed by atoms with van der Waals surface area (Å²) >= 11 is 0. The molecule has 0 radical (unpaired) electrons. The molecule has 2 rings (SSSR count). The number of benzene rings is 1. The molecule has 0 aliphatic carbocycles. The number of hydrogen-bond donors (Lipinski definition) is 3. The maximum absolute atomic E-state index is 12.9. The highest BCUT2D eigenvalue weighted by Crippen LogP contribution is 2.20. The first-order valence-electron chi connectivity index (χ1n) is 12.8. The van der Waals surface area contributed by atoms with E-state index in [0.717, 1.165) is 16.5 Å². The van der Waals surface area contributed by atoms with Crippen molar-refractivity contribution < 1.29 is 33.4 Å². The van der Waals surface area contributed by atoms with E-state index >= 15 is 0 Å². The van der Waals surface area contributed by atoms with Gasteiger partial charge in [-0.1, -0.05) is 18.2 Å². The Hall–Kier alpha value is -3.56. The Morgan fingerprint density at radius 3 is 2.11 bits per heavy atom. The normalized spacial score (nSPS) is 13.5. The largest absolute Gasteiger partial charge is 0.461 e. The van der Waals surface area contributed by atoms with Gasteiger partial charge in [0.15, 0.2) is 0 Å². The molecule has 0 aliphatic heterocycles. The van der Waals surface area contributed by atoms with E-state index in [1.54, 1.807) is 61.6 Å². The lowest BCUT2D eigenvalue weighted by Gasteiger charge is -2.26. The molecule has 0 spiro atoms. The van der Waals surface area contributed by atoms with E-state index < -0.39 is 47.2 Å². The van der Waals surface area contributed by atoms with Crippen LogP contribution in [0.4, 0.5) is 4.79 Å². The van der Waals surface area contributed by atoms with Crippen LogP contribution in [0.15, 0.2) is 30.5 Å². The number of carbonyl (C=O) groups is 4. The standard InChI is InChI=1S/C28H41N3O7/c1-17(2)36-24(33)22(15-18-16-29-20-12-10-9-11-19(18)20)30-23(32)14-13-21(25(34)37-27(3,4)5)31-26(35)38-28(6,7)8/h9-12,16-17,21-22,29H,13-15H2,1-8H3,(H,30,32)(H,31,35)/t21-,22-/m1/s1. The average Bonchev–Trinajstić information content (AvgIpc) is 3.16. The van der Waals surface area contributed by atoms with Crippen LogP contribution in [0, 0.1) is 0 Å². The SMILES string of the molecule is CC(C)OC(=O)[C@@H](Cc1c[nH]c2ccccc12)NC(=O)CC[C@@H](NC(=O)OC(C)(C)C)C(=O)OC(C)(C)C. The fourth-order valence-corrected chi connectivity index (χ4v) is 3.64. The second-order valence-corrected chi connectivity index (χ2v) is 11.4. The molecule has 10 nitrogen and oxygen atoms in total. The molecule has 10 heteroatoms. The number of amides is 2. The van der Waals surface area contributed by atoms with Crippen LogP contribution in [0.3, 0.4) is 0 Å². The molecule has 2 atom stereocenters. The molecular formula is C28H41N3O7. The van der Waals surface area contributed by atoms with Crippen molar-refractivity contribution in [1.29, 1.82) is 0 Å². The number of nitrogens with one attached hydrogen (secondary N) is 3. The molecule has 0 bridgehead atoms. The van der Waals surface area contributed by atoms with Gasteiger partial charge in [-0.2, -0.15) is 0 Å². The van der Waals surface area contributed by atoms with Crippen molar-refractivity contribution in [1.82, 2.24) is 15.6 Å². The summed E-state index contributed by atoms with van der Waals surface area (Å²) < 4.78 is 16.1. The van der Waals surface area contributed by atoms with Crippen LogP contribution in [-0.4, -0.2) is 58.3 Å². The lowest BCUT2D eigenvalue weighted by Crippen LogP contribution is -2.47. The van der Waals surface area contributed by atoms with Crippen LogP contribution in [0.1, 0.15) is 73.8 Å². The molecule has 38 heavy (non-hydrogen) atoms. The molecule has 1 aromatic carbocycles. The van der Waals surface area contributed by atoms with Crippen molar-refractivity contribution >= 4 is 34.8 Å². The van der Waals surface area contributed by atoms with Crippen molar-refractivity contribution in [2.45, 2.75) is 104 Å². The highest BCUT2D eigenvalue weighted by atomic mass is 16.6. The number of fused-ring (bicyclic) bond motifs is 1. The minimum absolute atomic E-state index is 0.0565. The van der Waals surface area contributed by atoms with Gasteiger partial charge in [0.25, 0.3) is 0 Å². The Bertz CT molecular complexity index is 1130. The number of carbonyl (C=O) groups excluding carboxylic acids is 4. The fraction of sp³-hybridized carbons (Fsp3) is 0.571. The van der Waals surface area contributed by atoms with E-state index in [-0.39, 0.29) is 25.4 Å². The van der Waals surface area contributed by atoms with Gasteiger partial charge in [-0.15, -0.1) is 0 Å². The summed E-state index contributed by atoms with van der Waals surface area (Å²) in [6, 6.07) is 5.59. The first kappa shape index (κ1) is 30.7. The Morgan fingerprint density at radius 1 is 0.868 bits per heavy atom. The van der Waals surface area contributed by atoms with Gasteiger partial charge in [0.2, 0.25) is 5.91 Å². The van der Waals surface area contributed by atoms with Gasteiger partial charge in [-0.25, -0.2) is 14.4 Å². The summed E-state index contributed by atoms with van der Waals surface area (Å²) in [5.74, 6) is -1.73. The quantitative estimate of drug-likeness (QED) is 0.309. The van der Waals surface area contributed by atoms with Crippen molar-refractivity contribution in [3.8, 4) is 0 Å². The van der Waals surface area contributed by atoms with Crippen LogP contribution < -0.4 is 10.6 Å². The number of aromatic amines is 1. The van der Waals surface area contributed by atoms with Crippen LogP contribution in [0.5, 0.6) is 0 Å². The van der Waals surface area contributed by atoms with Gasteiger partial charge in [0, 0.05) is 29.9 Å². The lowest BCUT2D eigenvalue weighted by molar-refractivity contribution is -0.158. The predicted octanol–water partition coefficient (Wildman–Crippen LogP) is 4.16. The Balaban J connectivity index is 2.13. The number of esters is 2. The molecule has 0 fully saturated rings. The summed E-state index contributed by atoms with van der Waals surface area (Å²) in [4.78, 5) is 54.0. The number of para-hydroxylation sites is 1. The highest BCUT2D eigenvalue weighted by Gasteiger charge is 2.30. The Morgan fingerprint density at radius 2 is 1.50 bits per heavy atom. The van der Waals surface area contributed by atoms with E-state index in [1.165, 1.54) is 0 Å². The van der Waals surface area contributed by atoms with Gasteiger partial charge in [-0.3, -0.25) is 4.79 Å². The first-order valence-corrected chi connectivity index (χ1v) is 12.8. The van der Waals surface area contributed by atoms with E-state index in [2.05, 4.69) is 15.6 Å². The molecule has 2 aromatic rings. The Labute approximate surface area is 224 Å². The van der Waals surface area contributed by atoms with Gasteiger partial charge in [-0.05, 0) is 73.4 Å². The summed E-state index contributed by atoms with van der Waals surface area (Å²) in [6.45, 7) is 13.7. The average molecular weight is 532 g/mol. The number of rotatable bonds is 10.